The summed E-state index contributed by atoms with van der Waals surface area (Å²) in [4.78, 5) is 20.4. The largest absolute Gasteiger partial charge is 0.343 e. The van der Waals surface area contributed by atoms with Crippen molar-refractivity contribution in [2.24, 2.45) is 0 Å². The Morgan fingerprint density at radius 2 is 2.37 bits per heavy atom. The summed E-state index contributed by atoms with van der Waals surface area (Å²) < 4.78 is 0.712. The summed E-state index contributed by atoms with van der Waals surface area (Å²) >= 11 is 10.7. The van der Waals surface area contributed by atoms with Crippen LogP contribution in [0.25, 0.3) is 0 Å². The van der Waals surface area contributed by atoms with Crippen molar-refractivity contribution in [3.63, 3.8) is 0 Å². The van der Waals surface area contributed by atoms with Gasteiger partial charge in [0.15, 0.2) is 0 Å². The summed E-state index contributed by atoms with van der Waals surface area (Å²) in [6, 6.07) is 1.54. The summed E-state index contributed by atoms with van der Waals surface area (Å²) in [6.45, 7) is 1.99. The van der Waals surface area contributed by atoms with Crippen molar-refractivity contribution < 1.29 is 4.79 Å². The Balaban J connectivity index is 2.18. The molecule has 0 aromatic carbocycles. The highest BCUT2D eigenvalue weighted by Crippen LogP contribution is 2.22. The first-order chi connectivity index (χ1) is 9.11. The first kappa shape index (κ1) is 14.4. The first-order valence-corrected chi connectivity index (χ1v) is 7.68. The number of rotatable bonds is 4. The van der Waals surface area contributed by atoms with E-state index in [1.54, 1.807) is 18.5 Å². The van der Waals surface area contributed by atoms with Gasteiger partial charge < -0.3 is 5.32 Å². The molecular formula is C12H11BrClN3OS. The number of halogens is 2. The smallest absolute Gasteiger partial charge is 0.255 e. The molecule has 0 aliphatic carbocycles. The predicted octanol–water partition coefficient (Wildman–Crippen LogP) is 3.84. The number of hydrogen-bond donors (Lipinski definition) is 1. The summed E-state index contributed by atoms with van der Waals surface area (Å²) in [5.74, 6) is -0.249. The van der Waals surface area contributed by atoms with Crippen molar-refractivity contribution in [2.75, 3.05) is 0 Å². The molecular weight excluding hydrogens is 350 g/mol. The minimum absolute atomic E-state index is 0.109. The van der Waals surface area contributed by atoms with Crippen molar-refractivity contribution >= 4 is 44.8 Å². The van der Waals surface area contributed by atoms with E-state index in [-0.39, 0.29) is 17.1 Å². The normalized spacial score (nSPS) is 12.2. The second-order valence-electron chi connectivity index (χ2n) is 3.80. The second-order valence-corrected chi connectivity index (χ2v) is 6.00. The Hall–Kier alpha value is -0.980. The third kappa shape index (κ3) is 3.52. The Labute approximate surface area is 128 Å². The van der Waals surface area contributed by atoms with Crippen LogP contribution in [0, 0.1) is 0 Å². The predicted molar refractivity (Wildman–Crippen MR) is 79.6 cm³/mol. The molecule has 0 fully saturated rings. The topological polar surface area (TPSA) is 54.9 Å². The second kappa shape index (κ2) is 6.45. The van der Waals surface area contributed by atoms with Gasteiger partial charge in [0, 0.05) is 22.2 Å². The Morgan fingerprint density at radius 3 is 3.00 bits per heavy atom. The Kier molecular flexibility index (Phi) is 4.90. The van der Waals surface area contributed by atoms with E-state index in [1.807, 2.05) is 12.3 Å². The van der Waals surface area contributed by atoms with E-state index >= 15 is 0 Å². The molecule has 7 heteroatoms. The van der Waals surface area contributed by atoms with E-state index in [0.29, 0.717) is 10.0 Å². The molecule has 2 aromatic heterocycles. The van der Waals surface area contributed by atoms with E-state index in [4.69, 9.17) is 11.6 Å². The highest BCUT2D eigenvalue weighted by atomic mass is 79.9. The maximum atomic E-state index is 12.2. The molecule has 0 aliphatic heterocycles. The van der Waals surface area contributed by atoms with E-state index in [9.17, 15) is 4.79 Å². The number of hydrogen-bond acceptors (Lipinski definition) is 4. The van der Waals surface area contributed by atoms with Crippen molar-refractivity contribution in [1.29, 1.82) is 0 Å². The molecule has 1 N–H and O–H groups in total. The monoisotopic (exact) mass is 359 g/mol. The maximum absolute atomic E-state index is 12.2. The molecule has 1 atom stereocenters. The third-order valence-corrected chi connectivity index (χ3v) is 4.14. The number of aromatic nitrogens is 2. The first-order valence-electron chi connectivity index (χ1n) is 5.63. The lowest BCUT2D eigenvalue weighted by atomic mass is 10.2. The van der Waals surface area contributed by atoms with Crippen molar-refractivity contribution in [1.82, 2.24) is 15.3 Å². The zero-order valence-corrected chi connectivity index (χ0v) is 13.2. The average Bonchev–Trinajstić information content (AvgIpc) is 2.92. The number of carbonyl (C=O) groups is 1. The van der Waals surface area contributed by atoms with E-state index < -0.39 is 0 Å². The molecule has 1 unspecified atom stereocenters. The fourth-order valence-corrected chi connectivity index (χ4v) is 2.86. The van der Waals surface area contributed by atoms with Crippen LogP contribution in [-0.4, -0.2) is 15.9 Å². The Bertz CT molecular complexity index is 576. The lowest BCUT2D eigenvalue weighted by molar-refractivity contribution is 0.0935. The summed E-state index contributed by atoms with van der Waals surface area (Å²) in [5.41, 5.74) is 0.353. The zero-order valence-electron chi connectivity index (χ0n) is 10.1. The number of nitrogens with one attached hydrogen (secondary N) is 1. The molecule has 2 aromatic rings. The van der Waals surface area contributed by atoms with Crippen molar-refractivity contribution in [3.8, 4) is 0 Å². The van der Waals surface area contributed by atoms with Crippen LogP contribution in [0.1, 0.15) is 34.8 Å². The highest BCUT2D eigenvalue weighted by molar-refractivity contribution is 9.10. The van der Waals surface area contributed by atoms with Crippen LogP contribution in [0.2, 0.25) is 5.15 Å². The molecule has 4 nitrogen and oxygen atoms in total. The number of carbonyl (C=O) groups excluding carboxylic acids is 1. The average molecular weight is 361 g/mol. The molecule has 1 amide bonds. The summed E-state index contributed by atoms with van der Waals surface area (Å²) in [7, 11) is 0. The van der Waals surface area contributed by atoms with Gasteiger partial charge in [-0.25, -0.2) is 9.97 Å². The minimum Gasteiger partial charge on any atom is -0.343 e. The fraction of sp³-hybridized carbons (Fsp3) is 0.250. The standard InChI is InChI=1S/C12H11BrClN3OS/c1-2-9(12-15-3-4-19-12)17-11(18)8-5-7(13)6-16-10(8)14/h3-6,9H,2H2,1H3,(H,17,18). The molecule has 2 heterocycles. The van der Waals surface area contributed by atoms with Gasteiger partial charge in [0.05, 0.1) is 11.6 Å². The lowest BCUT2D eigenvalue weighted by Crippen LogP contribution is -2.28. The van der Waals surface area contributed by atoms with Crippen LogP contribution in [-0.2, 0) is 0 Å². The van der Waals surface area contributed by atoms with Gasteiger partial charge in [-0.1, -0.05) is 18.5 Å². The maximum Gasteiger partial charge on any atom is 0.255 e. The SMILES string of the molecule is CCC(NC(=O)c1cc(Br)cnc1Cl)c1nccs1. The van der Waals surface area contributed by atoms with E-state index in [2.05, 4.69) is 31.2 Å². The Morgan fingerprint density at radius 1 is 1.58 bits per heavy atom. The van der Waals surface area contributed by atoms with Crippen LogP contribution in [0.15, 0.2) is 28.3 Å². The zero-order chi connectivity index (χ0) is 13.8. The van der Waals surface area contributed by atoms with Crippen LogP contribution in [0.3, 0.4) is 0 Å². The molecule has 0 saturated carbocycles. The van der Waals surface area contributed by atoms with Crippen LogP contribution in [0.5, 0.6) is 0 Å². The van der Waals surface area contributed by atoms with Crippen LogP contribution >= 0.6 is 38.9 Å². The lowest BCUT2D eigenvalue weighted by Gasteiger charge is -2.14. The van der Waals surface area contributed by atoms with Crippen LogP contribution < -0.4 is 5.32 Å². The number of amides is 1. The van der Waals surface area contributed by atoms with Gasteiger partial charge >= 0.3 is 0 Å². The van der Waals surface area contributed by atoms with Crippen LogP contribution in [0.4, 0.5) is 0 Å². The molecule has 0 bridgehead atoms. The van der Waals surface area contributed by atoms with Gasteiger partial charge in [0.1, 0.15) is 10.2 Å². The van der Waals surface area contributed by atoms with Crippen molar-refractivity contribution in [3.05, 3.63) is 44.0 Å². The summed E-state index contributed by atoms with van der Waals surface area (Å²) in [5, 5.41) is 5.88. The highest BCUT2D eigenvalue weighted by Gasteiger charge is 2.18. The molecule has 100 valence electrons. The van der Waals surface area contributed by atoms with Gasteiger partial charge in [-0.3, -0.25) is 4.79 Å². The van der Waals surface area contributed by atoms with Gasteiger partial charge in [-0.15, -0.1) is 11.3 Å². The van der Waals surface area contributed by atoms with Crippen molar-refractivity contribution in [2.45, 2.75) is 19.4 Å². The molecule has 19 heavy (non-hydrogen) atoms. The van der Waals surface area contributed by atoms with Gasteiger partial charge in [0.2, 0.25) is 0 Å². The minimum atomic E-state index is -0.249. The quantitative estimate of drug-likeness (QED) is 0.843. The molecule has 0 aliphatic rings. The fourth-order valence-electron chi connectivity index (χ4n) is 1.56. The molecule has 0 spiro atoms. The van der Waals surface area contributed by atoms with E-state index in [0.717, 1.165) is 11.4 Å². The number of pyridine rings is 1. The third-order valence-electron chi connectivity index (χ3n) is 2.51. The van der Waals surface area contributed by atoms with Gasteiger partial charge in [-0.05, 0) is 28.4 Å². The molecule has 0 radical (unpaired) electrons. The molecule has 2 rings (SSSR count). The summed E-state index contributed by atoms with van der Waals surface area (Å²) in [6.07, 6.45) is 4.04. The molecule has 0 saturated heterocycles. The van der Waals surface area contributed by atoms with Gasteiger partial charge in [-0.2, -0.15) is 0 Å². The number of nitrogens with zero attached hydrogens (tertiary/aromatic N) is 2. The van der Waals surface area contributed by atoms with Gasteiger partial charge in [0.25, 0.3) is 5.91 Å². The van der Waals surface area contributed by atoms with E-state index in [1.165, 1.54) is 11.3 Å². The number of thiazole rings is 1.